The molecule has 154 valence electrons. The zero-order valence-electron chi connectivity index (χ0n) is 16.8. The van der Waals surface area contributed by atoms with Crippen LogP contribution in [-0.2, 0) is 4.79 Å². The lowest BCUT2D eigenvalue weighted by atomic mass is 9.78. The van der Waals surface area contributed by atoms with Crippen LogP contribution in [0.2, 0.25) is 0 Å². The summed E-state index contributed by atoms with van der Waals surface area (Å²) in [5, 5.41) is 9.78. The zero-order valence-corrected chi connectivity index (χ0v) is 16.8. The molecule has 0 bridgehead atoms. The predicted molar refractivity (Wildman–Crippen MR) is 104 cm³/mol. The van der Waals surface area contributed by atoms with E-state index in [9.17, 15) is 9.90 Å². The molecule has 1 N–H and O–H groups in total. The SMILES string of the molecule is COc1cc(OC)nc(N2CCC[C@@]3(CCN([C@H]4CC[C@H](O)CC4)C3=O)C2)n1. The predicted octanol–water partition coefficient (Wildman–Crippen LogP) is 1.62. The van der Waals surface area contributed by atoms with E-state index in [-0.39, 0.29) is 23.5 Å². The summed E-state index contributed by atoms with van der Waals surface area (Å²) in [5.74, 6) is 1.75. The van der Waals surface area contributed by atoms with E-state index in [2.05, 4.69) is 19.8 Å². The van der Waals surface area contributed by atoms with Crippen LogP contribution in [0.25, 0.3) is 0 Å². The molecule has 4 rings (SSSR count). The lowest BCUT2D eigenvalue weighted by molar-refractivity contribution is -0.139. The summed E-state index contributed by atoms with van der Waals surface area (Å²) in [7, 11) is 3.14. The number of piperidine rings is 1. The van der Waals surface area contributed by atoms with Crippen molar-refractivity contribution in [3.05, 3.63) is 6.07 Å². The molecule has 28 heavy (non-hydrogen) atoms. The van der Waals surface area contributed by atoms with Gasteiger partial charge in [0.25, 0.3) is 0 Å². The van der Waals surface area contributed by atoms with Gasteiger partial charge in [0.1, 0.15) is 0 Å². The van der Waals surface area contributed by atoms with Crippen LogP contribution in [0.1, 0.15) is 44.9 Å². The Labute approximate surface area is 165 Å². The maximum atomic E-state index is 13.4. The highest BCUT2D eigenvalue weighted by molar-refractivity contribution is 5.86. The number of aliphatic hydroxyl groups excluding tert-OH is 1. The third-order valence-electron chi connectivity index (χ3n) is 6.60. The topological polar surface area (TPSA) is 88.0 Å². The molecule has 1 atom stereocenters. The number of methoxy groups -OCH3 is 2. The molecule has 0 aromatic carbocycles. The van der Waals surface area contributed by atoms with Crippen LogP contribution in [0.3, 0.4) is 0 Å². The second-order valence-electron chi connectivity index (χ2n) is 8.27. The molecule has 1 spiro atoms. The van der Waals surface area contributed by atoms with Crippen LogP contribution < -0.4 is 14.4 Å². The van der Waals surface area contributed by atoms with Gasteiger partial charge in [-0.2, -0.15) is 9.97 Å². The van der Waals surface area contributed by atoms with Crippen molar-refractivity contribution in [2.75, 3.05) is 38.8 Å². The summed E-state index contributed by atoms with van der Waals surface area (Å²) in [6.07, 6.45) is 5.93. The molecule has 0 unspecified atom stereocenters. The van der Waals surface area contributed by atoms with Crippen LogP contribution in [0.15, 0.2) is 6.07 Å². The van der Waals surface area contributed by atoms with Crippen molar-refractivity contribution >= 4 is 11.9 Å². The highest BCUT2D eigenvalue weighted by Gasteiger charge is 2.51. The monoisotopic (exact) mass is 390 g/mol. The number of aliphatic hydroxyl groups is 1. The van der Waals surface area contributed by atoms with Crippen molar-refractivity contribution in [1.82, 2.24) is 14.9 Å². The number of hydrogen-bond acceptors (Lipinski definition) is 7. The average Bonchev–Trinajstić information content (AvgIpc) is 3.03. The van der Waals surface area contributed by atoms with E-state index in [1.165, 1.54) is 0 Å². The van der Waals surface area contributed by atoms with E-state index < -0.39 is 0 Å². The Morgan fingerprint density at radius 3 is 2.39 bits per heavy atom. The number of ether oxygens (including phenoxy) is 2. The van der Waals surface area contributed by atoms with Crippen molar-refractivity contribution in [2.24, 2.45) is 5.41 Å². The van der Waals surface area contributed by atoms with Crippen molar-refractivity contribution in [1.29, 1.82) is 0 Å². The smallest absolute Gasteiger partial charge is 0.232 e. The normalized spacial score (nSPS) is 30.8. The van der Waals surface area contributed by atoms with Gasteiger partial charge in [0.2, 0.25) is 23.6 Å². The van der Waals surface area contributed by atoms with Crippen molar-refractivity contribution in [3.63, 3.8) is 0 Å². The quantitative estimate of drug-likeness (QED) is 0.836. The zero-order chi connectivity index (χ0) is 19.7. The van der Waals surface area contributed by atoms with Crippen molar-refractivity contribution < 1.29 is 19.4 Å². The standard InChI is InChI=1S/C20H30N4O4/c1-27-16-12-17(28-2)22-19(21-16)23-10-3-8-20(13-23)9-11-24(18(20)26)14-4-6-15(25)7-5-14/h12,14-15,25H,3-11,13H2,1-2H3/t14-,15-,20-/m1/s1. The second-order valence-corrected chi connectivity index (χ2v) is 8.27. The molecular weight excluding hydrogens is 360 g/mol. The van der Waals surface area contributed by atoms with Crippen LogP contribution in [0.5, 0.6) is 11.8 Å². The molecule has 1 aromatic rings. The van der Waals surface area contributed by atoms with Gasteiger partial charge in [-0.15, -0.1) is 0 Å². The number of carbonyl (C=O) groups excluding carboxylic acids is 1. The summed E-state index contributed by atoms with van der Waals surface area (Å²) in [5.41, 5.74) is -0.353. The molecule has 2 saturated heterocycles. The molecule has 3 heterocycles. The number of amides is 1. The number of aromatic nitrogens is 2. The minimum Gasteiger partial charge on any atom is -0.481 e. The number of rotatable bonds is 4. The molecule has 1 amide bonds. The summed E-state index contributed by atoms with van der Waals surface area (Å²) in [4.78, 5) is 26.6. The van der Waals surface area contributed by atoms with E-state index in [1.807, 2.05) is 0 Å². The largest absolute Gasteiger partial charge is 0.481 e. The molecule has 1 aromatic heterocycles. The summed E-state index contributed by atoms with van der Waals surface area (Å²) in [6.45, 7) is 2.27. The Kier molecular flexibility index (Phi) is 5.31. The van der Waals surface area contributed by atoms with E-state index in [0.29, 0.717) is 24.3 Å². The minimum atomic E-state index is -0.353. The van der Waals surface area contributed by atoms with Gasteiger partial charge in [0.05, 0.1) is 31.8 Å². The fraction of sp³-hybridized carbons (Fsp3) is 0.750. The van der Waals surface area contributed by atoms with Gasteiger partial charge in [0.15, 0.2) is 0 Å². The molecule has 1 aliphatic carbocycles. The maximum absolute atomic E-state index is 13.4. The van der Waals surface area contributed by atoms with Crippen LogP contribution in [-0.4, -0.2) is 71.9 Å². The van der Waals surface area contributed by atoms with Gasteiger partial charge in [-0.25, -0.2) is 0 Å². The average molecular weight is 390 g/mol. The van der Waals surface area contributed by atoms with E-state index in [0.717, 1.165) is 58.0 Å². The Morgan fingerprint density at radius 1 is 1.07 bits per heavy atom. The number of carbonyl (C=O) groups is 1. The van der Waals surface area contributed by atoms with Crippen molar-refractivity contribution in [3.8, 4) is 11.8 Å². The van der Waals surface area contributed by atoms with Gasteiger partial charge < -0.3 is 24.4 Å². The van der Waals surface area contributed by atoms with Gasteiger partial charge in [-0.1, -0.05) is 0 Å². The first-order valence-electron chi connectivity index (χ1n) is 10.3. The van der Waals surface area contributed by atoms with Crippen LogP contribution in [0, 0.1) is 5.41 Å². The third-order valence-corrected chi connectivity index (χ3v) is 6.60. The Morgan fingerprint density at radius 2 is 1.75 bits per heavy atom. The van der Waals surface area contributed by atoms with Gasteiger partial charge in [-0.3, -0.25) is 4.79 Å². The first kappa shape index (κ1) is 19.2. The van der Waals surface area contributed by atoms with Gasteiger partial charge in [0, 0.05) is 25.7 Å². The maximum Gasteiger partial charge on any atom is 0.232 e. The first-order chi connectivity index (χ1) is 13.5. The van der Waals surface area contributed by atoms with Crippen LogP contribution in [0.4, 0.5) is 5.95 Å². The van der Waals surface area contributed by atoms with E-state index >= 15 is 0 Å². The molecule has 8 heteroatoms. The summed E-state index contributed by atoms with van der Waals surface area (Å²) >= 11 is 0. The molecular formula is C20H30N4O4. The number of hydrogen-bond donors (Lipinski definition) is 1. The highest BCUT2D eigenvalue weighted by Crippen LogP contribution is 2.43. The third kappa shape index (κ3) is 3.50. The lowest BCUT2D eigenvalue weighted by Gasteiger charge is -2.40. The fourth-order valence-electron chi connectivity index (χ4n) is 4.99. The van der Waals surface area contributed by atoms with E-state index in [4.69, 9.17) is 9.47 Å². The molecule has 0 radical (unpaired) electrons. The van der Waals surface area contributed by atoms with Crippen molar-refractivity contribution in [2.45, 2.75) is 57.1 Å². The summed E-state index contributed by atoms with van der Waals surface area (Å²) < 4.78 is 10.6. The van der Waals surface area contributed by atoms with Gasteiger partial charge >= 0.3 is 0 Å². The lowest BCUT2D eigenvalue weighted by Crippen LogP contribution is -2.50. The number of nitrogens with zero attached hydrogens (tertiary/aromatic N) is 4. The number of likely N-dealkylation sites (tertiary alicyclic amines) is 1. The Hall–Kier alpha value is -2.09. The highest BCUT2D eigenvalue weighted by atomic mass is 16.5. The molecule has 1 saturated carbocycles. The second kappa shape index (κ2) is 7.73. The summed E-state index contributed by atoms with van der Waals surface area (Å²) in [6, 6.07) is 1.93. The molecule has 8 nitrogen and oxygen atoms in total. The van der Waals surface area contributed by atoms with E-state index in [1.54, 1.807) is 20.3 Å². The molecule has 2 aliphatic heterocycles. The number of anilines is 1. The minimum absolute atomic E-state index is 0.201. The van der Waals surface area contributed by atoms with Gasteiger partial charge in [-0.05, 0) is 44.9 Å². The molecule has 3 fully saturated rings. The Bertz CT molecular complexity index is 700. The fourth-order valence-corrected chi connectivity index (χ4v) is 4.99. The van der Waals surface area contributed by atoms with Crippen LogP contribution >= 0.6 is 0 Å². The first-order valence-corrected chi connectivity index (χ1v) is 10.3. The molecule has 3 aliphatic rings. The Balaban J connectivity index is 1.51.